The summed E-state index contributed by atoms with van der Waals surface area (Å²) in [6.45, 7) is 2.56. The highest BCUT2D eigenvalue weighted by molar-refractivity contribution is 9.10. The molecule has 0 aliphatic heterocycles. The normalized spacial score (nSPS) is 14.8. The lowest BCUT2D eigenvalue weighted by Gasteiger charge is -2.14. The summed E-state index contributed by atoms with van der Waals surface area (Å²) in [6, 6.07) is 11.9. The molecule has 6 heteroatoms. The summed E-state index contributed by atoms with van der Waals surface area (Å²) in [5, 5.41) is 4.41. The van der Waals surface area contributed by atoms with E-state index in [-0.39, 0.29) is 6.61 Å². The molecule has 0 spiro atoms. The molecular weight excluding hydrogens is 434 g/mol. The summed E-state index contributed by atoms with van der Waals surface area (Å²) >= 11 is 3.60. The lowest BCUT2D eigenvalue weighted by Crippen LogP contribution is -2.09. The minimum absolute atomic E-state index is 0.260. The maximum absolute atomic E-state index is 12.3. The summed E-state index contributed by atoms with van der Waals surface area (Å²) in [4.78, 5) is 18.1. The van der Waals surface area contributed by atoms with E-state index in [1.54, 1.807) is 13.2 Å². The second-order valence-electron chi connectivity index (χ2n) is 6.74. The third-order valence-corrected chi connectivity index (χ3v) is 5.73. The summed E-state index contributed by atoms with van der Waals surface area (Å²) in [6.07, 6.45) is 3.52. The number of halogens is 1. The van der Waals surface area contributed by atoms with E-state index < -0.39 is 5.97 Å². The van der Waals surface area contributed by atoms with E-state index in [4.69, 9.17) is 14.3 Å². The number of hydrogen-bond donors (Lipinski definition) is 0. The fourth-order valence-corrected chi connectivity index (χ4v) is 4.02. The Hall–Kier alpha value is -2.44. The minimum atomic E-state index is -0.408. The first-order valence-electron chi connectivity index (χ1n) is 9.39. The molecule has 152 valence electrons. The number of benzene rings is 2. The van der Waals surface area contributed by atoms with E-state index in [1.165, 1.54) is 12.7 Å². The Kier molecular flexibility index (Phi) is 7.23. The number of esters is 1. The summed E-state index contributed by atoms with van der Waals surface area (Å²) in [5.74, 6) is -0.408. The molecule has 0 heterocycles. The lowest BCUT2D eigenvalue weighted by atomic mass is 9.96. The van der Waals surface area contributed by atoms with Crippen molar-refractivity contribution in [2.24, 2.45) is 5.16 Å². The SMILES string of the molecule is COC/C=C(/C(=O)OC)c1cccc(C)c1CO/N=C1\CCc2c(Br)cccc21. The molecule has 0 N–H and O–H groups in total. The average molecular weight is 458 g/mol. The molecule has 2 aromatic rings. The largest absolute Gasteiger partial charge is 0.465 e. The Balaban J connectivity index is 1.86. The van der Waals surface area contributed by atoms with Gasteiger partial charge in [0.2, 0.25) is 0 Å². The summed E-state index contributed by atoms with van der Waals surface area (Å²) < 4.78 is 11.2. The van der Waals surface area contributed by atoms with Gasteiger partial charge in [-0.15, -0.1) is 0 Å². The van der Waals surface area contributed by atoms with Crippen LogP contribution in [0.3, 0.4) is 0 Å². The number of methoxy groups -OCH3 is 2. The van der Waals surface area contributed by atoms with Crippen LogP contribution in [0.25, 0.3) is 5.57 Å². The van der Waals surface area contributed by atoms with Crippen LogP contribution in [0, 0.1) is 6.92 Å². The van der Waals surface area contributed by atoms with Crippen molar-refractivity contribution in [1.29, 1.82) is 0 Å². The van der Waals surface area contributed by atoms with Gasteiger partial charge in [0.15, 0.2) is 0 Å². The van der Waals surface area contributed by atoms with Gasteiger partial charge in [0, 0.05) is 22.7 Å². The zero-order valence-electron chi connectivity index (χ0n) is 16.8. The zero-order valence-corrected chi connectivity index (χ0v) is 18.4. The number of carbonyl (C=O) groups excluding carboxylic acids is 1. The molecule has 0 unspecified atom stereocenters. The van der Waals surface area contributed by atoms with Crippen LogP contribution < -0.4 is 0 Å². The first-order chi connectivity index (χ1) is 14.1. The number of ether oxygens (including phenoxy) is 2. The van der Waals surface area contributed by atoms with E-state index in [2.05, 4.69) is 27.2 Å². The van der Waals surface area contributed by atoms with Crippen molar-refractivity contribution < 1.29 is 19.1 Å². The molecule has 0 aromatic heterocycles. The van der Waals surface area contributed by atoms with Crippen LogP contribution in [-0.2, 0) is 32.1 Å². The number of carbonyl (C=O) groups is 1. The summed E-state index contributed by atoms with van der Waals surface area (Å²) in [7, 11) is 2.95. The van der Waals surface area contributed by atoms with Crippen molar-refractivity contribution in [2.75, 3.05) is 20.8 Å². The lowest BCUT2D eigenvalue weighted by molar-refractivity contribution is -0.133. The molecular formula is C23H24BrNO4. The van der Waals surface area contributed by atoms with Crippen LogP contribution in [0.1, 0.15) is 34.2 Å². The van der Waals surface area contributed by atoms with Gasteiger partial charge >= 0.3 is 5.97 Å². The fourth-order valence-electron chi connectivity index (χ4n) is 3.46. The third kappa shape index (κ3) is 4.77. The molecule has 1 aliphatic rings. The quantitative estimate of drug-likeness (QED) is 0.339. The molecule has 2 aromatic carbocycles. The first kappa shape index (κ1) is 21.3. The predicted octanol–water partition coefficient (Wildman–Crippen LogP) is 4.83. The molecule has 0 amide bonds. The monoisotopic (exact) mass is 457 g/mol. The fraction of sp³-hybridized carbons (Fsp3) is 0.304. The highest BCUT2D eigenvalue weighted by Crippen LogP contribution is 2.30. The molecule has 5 nitrogen and oxygen atoms in total. The van der Waals surface area contributed by atoms with Crippen LogP contribution in [0.2, 0.25) is 0 Å². The van der Waals surface area contributed by atoms with E-state index in [0.29, 0.717) is 12.2 Å². The van der Waals surface area contributed by atoms with Crippen LogP contribution in [0.5, 0.6) is 0 Å². The number of rotatable bonds is 7. The van der Waals surface area contributed by atoms with Gasteiger partial charge in [-0.3, -0.25) is 0 Å². The van der Waals surface area contributed by atoms with Crippen molar-refractivity contribution >= 4 is 33.2 Å². The van der Waals surface area contributed by atoms with E-state index in [9.17, 15) is 4.79 Å². The van der Waals surface area contributed by atoms with Crippen molar-refractivity contribution in [2.45, 2.75) is 26.4 Å². The average Bonchev–Trinajstić information content (AvgIpc) is 3.14. The van der Waals surface area contributed by atoms with Gasteiger partial charge < -0.3 is 14.3 Å². The van der Waals surface area contributed by atoms with Gasteiger partial charge in [-0.1, -0.05) is 51.4 Å². The molecule has 29 heavy (non-hydrogen) atoms. The van der Waals surface area contributed by atoms with Crippen molar-refractivity contribution in [3.05, 3.63) is 74.8 Å². The smallest absolute Gasteiger partial charge is 0.338 e. The van der Waals surface area contributed by atoms with Gasteiger partial charge in [0.05, 0.1) is 25.0 Å². The van der Waals surface area contributed by atoms with Crippen molar-refractivity contribution in [3.8, 4) is 0 Å². The number of hydrogen-bond acceptors (Lipinski definition) is 5. The van der Waals surface area contributed by atoms with Crippen LogP contribution >= 0.6 is 15.9 Å². The molecule has 0 saturated carbocycles. The van der Waals surface area contributed by atoms with Crippen molar-refractivity contribution in [3.63, 3.8) is 0 Å². The number of oxime groups is 1. The highest BCUT2D eigenvalue weighted by Gasteiger charge is 2.21. The van der Waals surface area contributed by atoms with Gasteiger partial charge in [0.25, 0.3) is 0 Å². The topological polar surface area (TPSA) is 57.1 Å². The second-order valence-corrected chi connectivity index (χ2v) is 7.60. The highest BCUT2D eigenvalue weighted by atomic mass is 79.9. The Morgan fingerprint density at radius 3 is 2.72 bits per heavy atom. The molecule has 0 bridgehead atoms. The number of nitrogens with zero attached hydrogens (tertiary/aromatic N) is 1. The Morgan fingerprint density at radius 2 is 1.97 bits per heavy atom. The maximum Gasteiger partial charge on any atom is 0.338 e. The molecule has 0 saturated heterocycles. The molecule has 0 radical (unpaired) electrons. The summed E-state index contributed by atoms with van der Waals surface area (Å²) in [5.41, 5.74) is 6.48. The maximum atomic E-state index is 12.3. The van der Waals surface area contributed by atoms with Crippen LogP contribution in [0.4, 0.5) is 0 Å². The van der Waals surface area contributed by atoms with Crippen molar-refractivity contribution in [1.82, 2.24) is 0 Å². The molecule has 3 rings (SSSR count). The predicted molar refractivity (Wildman–Crippen MR) is 117 cm³/mol. The van der Waals surface area contributed by atoms with Crippen LogP contribution in [-0.4, -0.2) is 32.5 Å². The van der Waals surface area contributed by atoms with Crippen LogP contribution in [0.15, 0.2) is 52.1 Å². The Bertz CT molecular complexity index is 965. The third-order valence-electron chi connectivity index (χ3n) is 4.99. The van der Waals surface area contributed by atoms with Gasteiger partial charge in [-0.05, 0) is 48.6 Å². The Labute approximate surface area is 179 Å². The number of aryl methyl sites for hydroxylation is 1. The molecule has 0 fully saturated rings. The molecule has 0 atom stereocenters. The minimum Gasteiger partial charge on any atom is -0.465 e. The molecule has 1 aliphatic carbocycles. The number of fused-ring (bicyclic) bond motifs is 1. The first-order valence-corrected chi connectivity index (χ1v) is 10.2. The van der Waals surface area contributed by atoms with Gasteiger partial charge in [-0.25, -0.2) is 4.79 Å². The van der Waals surface area contributed by atoms with E-state index >= 15 is 0 Å². The van der Waals surface area contributed by atoms with Gasteiger partial charge in [0.1, 0.15) is 6.61 Å². The van der Waals surface area contributed by atoms with Gasteiger partial charge in [-0.2, -0.15) is 0 Å². The van der Waals surface area contributed by atoms with E-state index in [0.717, 1.165) is 45.3 Å². The zero-order chi connectivity index (χ0) is 20.8. The van der Waals surface area contributed by atoms with E-state index in [1.807, 2.05) is 37.3 Å². The standard InChI is InChI=1S/C23H24BrNO4/c1-15-6-4-7-16(19(12-13-27-2)23(26)28-3)20(15)14-29-25-22-11-10-17-18(22)8-5-9-21(17)24/h4-9,12H,10-11,13-14H2,1-3H3/b19-12+,25-22+. The Morgan fingerprint density at radius 1 is 1.17 bits per heavy atom. The second kappa shape index (κ2) is 9.85.